The van der Waals surface area contributed by atoms with Gasteiger partial charge in [0.15, 0.2) is 0 Å². The van der Waals surface area contributed by atoms with Crippen LogP contribution in [0.2, 0.25) is 0 Å². The molecule has 0 unspecified atom stereocenters. The number of amides is 1. The summed E-state index contributed by atoms with van der Waals surface area (Å²) >= 11 is 0. The highest BCUT2D eigenvalue weighted by Gasteiger charge is 2.23. The van der Waals surface area contributed by atoms with Gasteiger partial charge in [-0.3, -0.25) is 4.79 Å². The standard InChI is InChI=1S/C21H28N2O4/c1-15-20(16(2)27-22-15)10-11-21(24)23(14-19-5-4-12-26-19)13-17-6-8-18(25-3)9-7-17/h6-9,19H,4-5,10-14H2,1-3H3/t19-/m0/s1. The molecule has 1 amide bonds. The molecule has 0 N–H and O–H groups in total. The summed E-state index contributed by atoms with van der Waals surface area (Å²) in [6, 6.07) is 7.85. The van der Waals surface area contributed by atoms with Crippen LogP contribution in [0.15, 0.2) is 28.8 Å². The normalized spacial score (nSPS) is 16.5. The van der Waals surface area contributed by atoms with Crippen LogP contribution < -0.4 is 4.74 Å². The van der Waals surface area contributed by atoms with Crippen molar-refractivity contribution in [2.24, 2.45) is 0 Å². The molecule has 1 fully saturated rings. The van der Waals surface area contributed by atoms with Crippen LogP contribution in [0.5, 0.6) is 5.75 Å². The Labute approximate surface area is 160 Å². The molecule has 2 aromatic rings. The zero-order valence-corrected chi connectivity index (χ0v) is 16.4. The first kappa shape index (κ1) is 19.4. The first-order chi connectivity index (χ1) is 13.1. The van der Waals surface area contributed by atoms with E-state index in [-0.39, 0.29) is 12.0 Å². The summed E-state index contributed by atoms with van der Waals surface area (Å²) in [4.78, 5) is 14.9. The van der Waals surface area contributed by atoms with Crippen molar-refractivity contribution in [1.29, 1.82) is 0 Å². The minimum atomic E-state index is 0.126. The van der Waals surface area contributed by atoms with E-state index in [1.165, 1.54) is 0 Å². The Morgan fingerprint density at radius 2 is 2.07 bits per heavy atom. The zero-order valence-electron chi connectivity index (χ0n) is 16.4. The number of rotatable bonds is 8. The summed E-state index contributed by atoms with van der Waals surface area (Å²) in [6.07, 6.45) is 3.28. The zero-order chi connectivity index (χ0) is 19.2. The molecule has 6 heteroatoms. The van der Waals surface area contributed by atoms with Crippen LogP contribution >= 0.6 is 0 Å². The molecule has 6 nitrogen and oxygen atoms in total. The monoisotopic (exact) mass is 372 g/mol. The molecule has 1 aromatic carbocycles. The molecule has 1 aliphatic rings. The number of carbonyl (C=O) groups excluding carboxylic acids is 1. The van der Waals surface area contributed by atoms with E-state index in [1.54, 1.807) is 7.11 Å². The van der Waals surface area contributed by atoms with Crippen LogP contribution in [0.1, 0.15) is 41.8 Å². The molecule has 0 radical (unpaired) electrons. The van der Waals surface area contributed by atoms with Crippen molar-refractivity contribution < 1.29 is 18.8 Å². The Balaban J connectivity index is 1.66. The number of benzene rings is 1. The highest BCUT2D eigenvalue weighted by molar-refractivity contribution is 5.76. The maximum atomic E-state index is 13.0. The van der Waals surface area contributed by atoms with Crippen molar-refractivity contribution in [2.45, 2.75) is 52.2 Å². The third-order valence-electron chi connectivity index (χ3n) is 5.10. The maximum absolute atomic E-state index is 13.0. The van der Waals surface area contributed by atoms with Gasteiger partial charge in [0.1, 0.15) is 11.5 Å². The van der Waals surface area contributed by atoms with Gasteiger partial charge in [-0.2, -0.15) is 0 Å². The van der Waals surface area contributed by atoms with E-state index >= 15 is 0 Å². The molecular formula is C21H28N2O4. The second-order valence-corrected chi connectivity index (χ2v) is 7.06. The van der Waals surface area contributed by atoms with Gasteiger partial charge in [-0.1, -0.05) is 17.3 Å². The Morgan fingerprint density at radius 3 is 2.67 bits per heavy atom. The lowest BCUT2D eigenvalue weighted by Gasteiger charge is -2.26. The van der Waals surface area contributed by atoms with Crippen LogP contribution in [-0.4, -0.2) is 42.3 Å². The van der Waals surface area contributed by atoms with Gasteiger partial charge in [-0.15, -0.1) is 0 Å². The summed E-state index contributed by atoms with van der Waals surface area (Å²) in [5.41, 5.74) is 2.98. The summed E-state index contributed by atoms with van der Waals surface area (Å²) in [5.74, 6) is 1.73. The van der Waals surface area contributed by atoms with Gasteiger partial charge in [0.25, 0.3) is 0 Å². The quantitative estimate of drug-likeness (QED) is 0.710. The molecule has 1 aliphatic heterocycles. The van der Waals surface area contributed by atoms with Gasteiger partial charge >= 0.3 is 0 Å². The number of methoxy groups -OCH3 is 1. The molecule has 0 bridgehead atoms. The highest BCUT2D eigenvalue weighted by Crippen LogP contribution is 2.19. The molecule has 146 valence electrons. The minimum Gasteiger partial charge on any atom is -0.497 e. The van der Waals surface area contributed by atoms with Gasteiger partial charge in [-0.25, -0.2) is 0 Å². The first-order valence-corrected chi connectivity index (χ1v) is 9.51. The summed E-state index contributed by atoms with van der Waals surface area (Å²) < 4.78 is 16.2. The number of carbonyl (C=O) groups is 1. The number of aromatic nitrogens is 1. The molecule has 0 spiro atoms. The maximum Gasteiger partial charge on any atom is 0.223 e. The van der Waals surface area contributed by atoms with E-state index in [2.05, 4.69) is 5.16 Å². The Hall–Kier alpha value is -2.34. The van der Waals surface area contributed by atoms with E-state index in [9.17, 15) is 4.79 Å². The van der Waals surface area contributed by atoms with Gasteiger partial charge in [0.2, 0.25) is 5.91 Å². The van der Waals surface area contributed by atoms with Gasteiger partial charge < -0.3 is 18.9 Å². The van der Waals surface area contributed by atoms with Crippen LogP contribution in [0.4, 0.5) is 0 Å². The fraction of sp³-hybridized carbons (Fsp3) is 0.524. The molecule has 0 aliphatic carbocycles. The molecule has 27 heavy (non-hydrogen) atoms. The summed E-state index contributed by atoms with van der Waals surface area (Å²) in [6.45, 7) is 5.80. The lowest BCUT2D eigenvalue weighted by atomic mass is 10.1. The van der Waals surface area contributed by atoms with Crippen molar-refractivity contribution >= 4 is 5.91 Å². The summed E-state index contributed by atoms with van der Waals surface area (Å²) in [5, 5.41) is 3.97. The minimum absolute atomic E-state index is 0.126. The molecule has 3 rings (SSSR count). The molecular weight excluding hydrogens is 344 g/mol. The number of ether oxygens (including phenoxy) is 2. The lowest BCUT2D eigenvalue weighted by molar-refractivity contribution is -0.133. The average Bonchev–Trinajstić information content (AvgIpc) is 3.30. The predicted octanol–water partition coefficient (Wildman–Crippen LogP) is 3.44. The van der Waals surface area contributed by atoms with E-state index in [4.69, 9.17) is 14.0 Å². The topological polar surface area (TPSA) is 64.8 Å². The molecule has 1 aromatic heterocycles. The third-order valence-corrected chi connectivity index (χ3v) is 5.10. The third kappa shape index (κ3) is 5.10. The summed E-state index contributed by atoms with van der Waals surface area (Å²) in [7, 11) is 1.65. The Morgan fingerprint density at radius 1 is 1.30 bits per heavy atom. The Bertz CT molecular complexity index is 729. The molecule has 2 heterocycles. The van der Waals surface area contributed by atoms with Crippen LogP contribution in [0.3, 0.4) is 0 Å². The van der Waals surface area contributed by atoms with Crippen LogP contribution in [0.25, 0.3) is 0 Å². The number of hydrogen-bond donors (Lipinski definition) is 0. The fourth-order valence-electron chi connectivity index (χ4n) is 3.49. The highest BCUT2D eigenvalue weighted by atomic mass is 16.5. The average molecular weight is 372 g/mol. The Kier molecular flexibility index (Phi) is 6.50. The second kappa shape index (κ2) is 9.04. The van der Waals surface area contributed by atoms with Crippen molar-refractivity contribution in [3.8, 4) is 5.75 Å². The van der Waals surface area contributed by atoms with Gasteiger partial charge in [0, 0.05) is 31.7 Å². The van der Waals surface area contributed by atoms with Crippen molar-refractivity contribution in [1.82, 2.24) is 10.1 Å². The SMILES string of the molecule is COc1ccc(CN(C[C@@H]2CCCO2)C(=O)CCc2c(C)noc2C)cc1. The van der Waals surface area contributed by atoms with Crippen molar-refractivity contribution in [2.75, 3.05) is 20.3 Å². The first-order valence-electron chi connectivity index (χ1n) is 9.51. The predicted molar refractivity (Wildman–Crippen MR) is 102 cm³/mol. The van der Waals surface area contributed by atoms with Crippen LogP contribution in [0, 0.1) is 13.8 Å². The fourth-order valence-corrected chi connectivity index (χ4v) is 3.49. The van der Waals surface area contributed by atoms with E-state index < -0.39 is 0 Å². The number of nitrogens with zero attached hydrogens (tertiary/aromatic N) is 2. The van der Waals surface area contributed by atoms with Gasteiger partial charge in [0.05, 0.1) is 18.9 Å². The van der Waals surface area contributed by atoms with Crippen molar-refractivity contribution in [3.05, 3.63) is 46.8 Å². The smallest absolute Gasteiger partial charge is 0.223 e. The van der Waals surface area contributed by atoms with E-state index in [1.807, 2.05) is 43.0 Å². The number of aryl methyl sites for hydroxylation is 2. The molecule has 1 atom stereocenters. The van der Waals surface area contributed by atoms with E-state index in [0.29, 0.717) is 25.9 Å². The second-order valence-electron chi connectivity index (χ2n) is 7.06. The number of hydrogen-bond acceptors (Lipinski definition) is 5. The molecule has 0 saturated carbocycles. The van der Waals surface area contributed by atoms with E-state index in [0.717, 1.165) is 47.8 Å². The van der Waals surface area contributed by atoms with Gasteiger partial charge in [-0.05, 0) is 50.8 Å². The van der Waals surface area contributed by atoms with Crippen LogP contribution in [-0.2, 0) is 22.5 Å². The lowest BCUT2D eigenvalue weighted by Crippen LogP contribution is -2.37. The molecule has 1 saturated heterocycles. The largest absolute Gasteiger partial charge is 0.497 e. The van der Waals surface area contributed by atoms with Crippen molar-refractivity contribution in [3.63, 3.8) is 0 Å².